The molecule has 0 bridgehead atoms. The van der Waals surface area contributed by atoms with Gasteiger partial charge in [0.15, 0.2) is 6.61 Å². The summed E-state index contributed by atoms with van der Waals surface area (Å²) >= 11 is 3.36. The molecule has 1 fully saturated rings. The maximum atomic E-state index is 12.2. The summed E-state index contributed by atoms with van der Waals surface area (Å²) in [6, 6.07) is 12.7. The van der Waals surface area contributed by atoms with Gasteiger partial charge in [-0.15, -0.1) is 0 Å². The van der Waals surface area contributed by atoms with Crippen molar-refractivity contribution in [2.24, 2.45) is 5.10 Å². The second-order valence-electron chi connectivity index (χ2n) is 6.78. The van der Waals surface area contributed by atoms with Gasteiger partial charge in [0.1, 0.15) is 5.75 Å². The minimum atomic E-state index is -0.840. The van der Waals surface area contributed by atoms with Gasteiger partial charge in [0.05, 0.1) is 6.21 Å². The number of hydrazone groups is 1. The number of para-hydroxylation sites is 1. The number of ether oxygens (including phenoxy) is 1. The highest BCUT2D eigenvalue weighted by molar-refractivity contribution is 9.10. The maximum Gasteiger partial charge on any atom is 0.329 e. The average Bonchev–Trinajstić information content (AvgIpc) is 3.53. The molecule has 0 aromatic heterocycles. The van der Waals surface area contributed by atoms with Gasteiger partial charge in [0, 0.05) is 21.8 Å². The van der Waals surface area contributed by atoms with Crippen LogP contribution in [0.4, 0.5) is 5.69 Å². The molecule has 0 radical (unpaired) electrons. The molecule has 3 amide bonds. The van der Waals surface area contributed by atoms with Crippen molar-refractivity contribution in [1.82, 2.24) is 10.7 Å². The number of nitrogens with zero attached hydrogens (tertiary/aromatic N) is 1. The fourth-order valence-corrected chi connectivity index (χ4v) is 2.86. The van der Waals surface area contributed by atoms with Crippen molar-refractivity contribution in [2.45, 2.75) is 25.8 Å². The van der Waals surface area contributed by atoms with Crippen molar-refractivity contribution in [3.8, 4) is 5.75 Å². The molecule has 9 heteroatoms. The summed E-state index contributed by atoms with van der Waals surface area (Å²) in [5, 5.41) is 9.18. The van der Waals surface area contributed by atoms with Crippen LogP contribution >= 0.6 is 15.9 Å². The predicted octanol–water partition coefficient (Wildman–Crippen LogP) is 2.50. The highest BCUT2D eigenvalue weighted by Crippen LogP contribution is 2.22. The molecule has 30 heavy (non-hydrogen) atoms. The van der Waals surface area contributed by atoms with Crippen LogP contribution < -0.4 is 20.8 Å². The van der Waals surface area contributed by atoms with Gasteiger partial charge in [-0.05, 0) is 49.6 Å². The van der Waals surface area contributed by atoms with E-state index >= 15 is 0 Å². The van der Waals surface area contributed by atoms with Crippen LogP contribution in [0.1, 0.15) is 24.0 Å². The van der Waals surface area contributed by atoms with E-state index < -0.39 is 11.8 Å². The van der Waals surface area contributed by atoms with Crippen LogP contribution in [-0.2, 0) is 14.4 Å². The average molecular weight is 473 g/mol. The van der Waals surface area contributed by atoms with Crippen LogP contribution in [0.5, 0.6) is 5.75 Å². The number of nitrogens with one attached hydrogen (secondary N) is 3. The standard InChI is InChI=1S/C21H21BrN4O4/c1-13-4-2-3-5-17(13)25-19(27)12-30-18-9-6-15(22)10-14(18)11-23-26-21(29)20(28)24-16-7-8-16/h2-6,9-11,16H,7-8,12H2,1H3,(H,24,28)(H,25,27)(H,26,29)/b23-11-. The maximum absolute atomic E-state index is 12.2. The van der Waals surface area contributed by atoms with E-state index in [1.54, 1.807) is 18.2 Å². The largest absolute Gasteiger partial charge is 0.483 e. The fraction of sp³-hybridized carbons (Fsp3) is 0.238. The summed E-state index contributed by atoms with van der Waals surface area (Å²) in [6.07, 6.45) is 3.12. The second-order valence-corrected chi connectivity index (χ2v) is 7.70. The molecule has 1 saturated carbocycles. The number of halogens is 1. The lowest BCUT2D eigenvalue weighted by Crippen LogP contribution is -2.38. The molecule has 2 aromatic carbocycles. The third-order valence-corrected chi connectivity index (χ3v) is 4.73. The van der Waals surface area contributed by atoms with Gasteiger partial charge >= 0.3 is 11.8 Å². The number of hydrogen-bond acceptors (Lipinski definition) is 5. The zero-order valence-corrected chi connectivity index (χ0v) is 17.9. The first-order chi connectivity index (χ1) is 14.4. The monoisotopic (exact) mass is 472 g/mol. The van der Waals surface area contributed by atoms with Crippen molar-refractivity contribution < 1.29 is 19.1 Å². The lowest BCUT2D eigenvalue weighted by Gasteiger charge is -2.11. The summed E-state index contributed by atoms with van der Waals surface area (Å²) in [7, 11) is 0. The Balaban J connectivity index is 1.57. The molecule has 1 aliphatic carbocycles. The topological polar surface area (TPSA) is 109 Å². The van der Waals surface area contributed by atoms with Gasteiger partial charge in [0.25, 0.3) is 5.91 Å². The Labute approximate surface area is 182 Å². The first-order valence-corrected chi connectivity index (χ1v) is 10.1. The summed E-state index contributed by atoms with van der Waals surface area (Å²) in [6.45, 7) is 1.70. The van der Waals surface area contributed by atoms with E-state index in [1.165, 1.54) is 6.21 Å². The molecule has 156 valence electrons. The summed E-state index contributed by atoms with van der Waals surface area (Å²) in [5.41, 5.74) is 4.37. The lowest BCUT2D eigenvalue weighted by molar-refractivity contribution is -0.139. The zero-order valence-electron chi connectivity index (χ0n) is 16.3. The first kappa shape index (κ1) is 21.5. The van der Waals surface area contributed by atoms with Crippen LogP contribution in [0.25, 0.3) is 0 Å². The minimum Gasteiger partial charge on any atom is -0.483 e. The lowest BCUT2D eigenvalue weighted by atomic mass is 10.2. The first-order valence-electron chi connectivity index (χ1n) is 9.34. The smallest absolute Gasteiger partial charge is 0.329 e. The number of carbonyl (C=O) groups is 3. The highest BCUT2D eigenvalue weighted by Gasteiger charge is 2.26. The number of anilines is 1. The Morgan fingerprint density at radius 3 is 2.67 bits per heavy atom. The molecule has 8 nitrogen and oxygen atoms in total. The van der Waals surface area contributed by atoms with Crippen LogP contribution in [0.15, 0.2) is 52.0 Å². The van der Waals surface area contributed by atoms with Crippen LogP contribution in [0.2, 0.25) is 0 Å². The molecule has 0 unspecified atom stereocenters. The van der Waals surface area contributed by atoms with Crippen molar-refractivity contribution in [1.29, 1.82) is 0 Å². The van der Waals surface area contributed by atoms with Gasteiger partial charge in [-0.2, -0.15) is 5.10 Å². The SMILES string of the molecule is Cc1ccccc1NC(=O)COc1ccc(Br)cc1/C=N\NC(=O)C(=O)NC1CC1. The molecule has 2 aromatic rings. The highest BCUT2D eigenvalue weighted by atomic mass is 79.9. The van der Waals surface area contributed by atoms with Crippen molar-refractivity contribution in [2.75, 3.05) is 11.9 Å². The van der Waals surface area contributed by atoms with E-state index in [0.29, 0.717) is 11.3 Å². The Morgan fingerprint density at radius 2 is 1.93 bits per heavy atom. The molecule has 0 aliphatic heterocycles. The molecule has 3 N–H and O–H groups in total. The van der Waals surface area contributed by atoms with Crippen molar-refractivity contribution in [3.63, 3.8) is 0 Å². The number of hydrogen-bond donors (Lipinski definition) is 3. The second kappa shape index (κ2) is 10.0. The van der Waals surface area contributed by atoms with Gasteiger partial charge < -0.3 is 15.4 Å². The minimum absolute atomic E-state index is 0.0862. The molecule has 0 saturated heterocycles. The third-order valence-electron chi connectivity index (χ3n) is 4.24. The van der Waals surface area contributed by atoms with Gasteiger partial charge in [0.2, 0.25) is 0 Å². The molecule has 0 spiro atoms. The van der Waals surface area contributed by atoms with E-state index in [1.807, 2.05) is 31.2 Å². The van der Waals surface area contributed by atoms with E-state index in [9.17, 15) is 14.4 Å². The van der Waals surface area contributed by atoms with Crippen LogP contribution in [0, 0.1) is 6.92 Å². The summed E-state index contributed by atoms with van der Waals surface area (Å²) in [4.78, 5) is 35.6. The zero-order chi connectivity index (χ0) is 21.5. The molecule has 1 aliphatic rings. The number of amides is 3. The van der Waals surface area contributed by atoms with Gasteiger partial charge in [-0.25, -0.2) is 5.43 Å². The quantitative estimate of drug-likeness (QED) is 0.326. The van der Waals surface area contributed by atoms with E-state index in [-0.39, 0.29) is 18.6 Å². The van der Waals surface area contributed by atoms with E-state index in [4.69, 9.17) is 4.74 Å². The molecule has 3 rings (SSSR count). The Kier molecular flexibility index (Phi) is 7.18. The number of carbonyl (C=O) groups excluding carboxylic acids is 3. The Hall–Kier alpha value is -3.20. The predicted molar refractivity (Wildman–Crippen MR) is 116 cm³/mol. The van der Waals surface area contributed by atoms with Gasteiger partial charge in [-0.1, -0.05) is 34.1 Å². The summed E-state index contributed by atoms with van der Waals surface area (Å²) in [5.74, 6) is -1.46. The van der Waals surface area contributed by atoms with Crippen LogP contribution in [0.3, 0.4) is 0 Å². The third kappa shape index (κ3) is 6.41. The molecule has 0 atom stereocenters. The van der Waals surface area contributed by atoms with Crippen molar-refractivity contribution in [3.05, 3.63) is 58.1 Å². The Bertz CT molecular complexity index is 989. The van der Waals surface area contributed by atoms with E-state index in [2.05, 4.69) is 37.1 Å². The normalized spacial score (nSPS) is 13.0. The van der Waals surface area contributed by atoms with E-state index in [0.717, 1.165) is 28.6 Å². The fourth-order valence-electron chi connectivity index (χ4n) is 2.48. The van der Waals surface area contributed by atoms with Crippen molar-refractivity contribution >= 4 is 45.6 Å². The molecule has 0 heterocycles. The number of aryl methyl sites for hydroxylation is 1. The molecular formula is C21H21BrN4O4. The summed E-state index contributed by atoms with van der Waals surface area (Å²) < 4.78 is 6.38. The number of benzene rings is 2. The molecular weight excluding hydrogens is 452 g/mol. The number of rotatable bonds is 7. The van der Waals surface area contributed by atoms with Crippen LogP contribution in [-0.4, -0.2) is 36.6 Å². The Morgan fingerprint density at radius 1 is 1.17 bits per heavy atom. The van der Waals surface area contributed by atoms with Gasteiger partial charge in [-0.3, -0.25) is 14.4 Å².